The summed E-state index contributed by atoms with van der Waals surface area (Å²) in [5.74, 6) is 0.941. The van der Waals surface area contributed by atoms with Gasteiger partial charge in [0.05, 0.1) is 13.7 Å². The summed E-state index contributed by atoms with van der Waals surface area (Å²) in [4.78, 5) is 43.7. The monoisotopic (exact) mass is 443 g/mol. The van der Waals surface area contributed by atoms with Crippen molar-refractivity contribution in [3.63, 3.8) is 0 Å². The van der Waals surface area contributed by atoms with Gasteiger partial charge in [-0.2, -0.15) is 4.98 Å². The van der Waals surface area contributed by atoms with Gasteiger partial charge < -0.3 is 4.74 Å². The molecule has 0 spiro atoms. The molecule has 3 heterocycles. The van der Waals surface area contributed by atoms with Crippen molar-refractivity contribution in [2.45, 2.75) is 6.54 Å². The Hall–Kier alpha value is -4.40. The van der Waals surface area contributed by atoms with Crippen molar-refractivity contribution in [2.24, 2.45) is 14.1 Å². The van der Waals surface area contributed by atoms with E-state index in [1.807, 2.05) is 48.5 Å². The van der Waals surface area contributed by atoms with E-state index in [0.717, 1.165) is 15.7 Å². The van der Waals surface area contributed by atoms with Crippen LogP contribution in [0.3, 0.4) is 0 Å². The van der Waals surface area contributed by atoms with Gasteiger partial charge >= 0.3 is 5.69 Å². The molecule has 0 bridgehead atoms. The standard InChI is InChI=1S/C24H21N5O4/c1-26-20-19(22(31)27(2)24(26)32)29-18(13-16-10-7-11-17(12-16)33-3)21(30)28(23(29)25-20)14-15-8-5-4-6-9-15/h4-13H,14H2,1-3H3. The fraction of sp³-hybridized carbons (Fsp3) is 0.167. The van der Waals surface area contributed by atoms with Gasteiger partial charge in [-0.15, -0.1) is 0 Å². The summed E-state index contributed by atoms with van der Waals surface area (Å²) in [6.07, 6.45) is 1.70. The summed E-state index contributed by atoms with van der Waals surface area (Å²) in [5.41, 5.74) is 0.749. The van der Waals surface area contributed by atoms with Crippen molar-refractivity contribution in [3.05, 3.63) is 102 Å². The van der Waals surface area contributed by atoms with E-state index < -0.39 is 11.2 Å². The fourth-order valence-electron chi connectivity index (χ4n) is 4.04. The molecular weight excluding hydrogens is 422 g/mol. The predicted molar refractivity (Wildman–Crippen MR) is 125 cm³/mol. The number of fused-ring (bicyclic) bond motifs is 3. The number of methoxy groups -OCH3 is 1. The van der Waals surface area contributed by atoms with Gasteiger partial charge in [0.25, 0.3) is 11.1 Å². The van der Waals surface area contributed by atoms with Crippen LogP contribution in [0.2, 0.25) is 0 Å². The third-order valence-electron chi connectivity index (χ3n) is 5.77. The first kappa shape index (κ1) is 20.5. The largest absolute Gasteiger partial charge is 0.497 e. The van der Waals surface area contributed by atoms with Gasteiger partial charge in [0.15, 0.2) is 11.2 Å². The Bertz CT molecular complexity index is 1760. The van der Waals surface area contributed by atoms with Crippen molar-refractivity contribution in [2.75, 3.05) is 7.11 Å². The highest BCUT2D eigenvalue weighted by atomic mass is 16.5. The van der Waals surface area contributed by atoms with E-state index in [4.69, 9.17) is 4.74 Å². The first-order chi connectivity index (χ1) is 15.9. The average Bonchev–Trinajstić information content (AvgIpc) is 3.33. The molecule has 0 unspecified atom stereocenters. The SMILES string of the molecule is COc1cccc(C=c2c(=O)n(Cc3ccccc3)c3nc4c(c(=O)n(C)c(=O)n4C)n23)c1. The second-order valence-corrected chi connectivity index (χ2v) is 7.81. The summed E-state index contributed by atoms with van der Waals surface area (Å²) >= 11 is 0. The number of ether oxygens (including phenoxy) is 1. The Balaban J connectivity index is 1.94. The Labute approximate surface area is 187 Å². The molecular formula is C24H21N5O4. The van der Waals surface area contributed by atoms with Gasteiger partial charge in [-0.25, -0.2) is 4.79 Å². The Morgan fingerprint density at radius 3 is 2.42 bits per heavy atom. The van der Waals surface area contributed by atoms with Crippen LogP contribution in [0, 0.1) is 0 Å². The van der Waals surface area contributed by atoms with E-state index in [1.54, 1.807) is 30.7 Å². The maximum Gasteiger partial charge on any atom is 0.332 e. The molecule has 0 N–H and O–H groups in total. The average molecular weight is 443 g/mol. The Kier molecular flexibility index (Phi) is 4.74. The third-order valence-corrected chi connectivity index (χ3v) is 5.77. The van der Waals surface area contributed by atoms with Crippen molar-refractivity contribution >= 4 is 23.0 Å². The molecule has 0 saturated heterocycles. The Morgan fingerprint density at radius 2 is 1.70 bits per heavy atom. The zero-order valence-corrected chi connectivity index (χ0v) is 18.3. The van der Waals surface area contributed by atoms with Crippen molar-refractivity contribution in [1.29, 1.82) is 0 Å². The molecule has 3 aromatic heterocycles. The molecule has 9 nitrogen and oxygen atoms in total. The highest BCUT2D eigenvalue weighted by Crippen LogP contribution is 2.14. The van der Waals surface area contributed by atoms with E-state index in [-0.39, 0.29) is 28.6 Å². The molecule has 0 radical (unpaired) electrons. The Morgan fingerprint density at radius 1 is 0.939 bits per heavy atom. The van der Waals surface area contributed by atoms with Crippen LogP contribution in [0.25, 0.3) is 23.0 Å². The van der Waals surface area contributed by atoms with Crippen LogP contribution >= 0.6 is 0 Å². The number of nitrogens with zero attached hydrogens (tertiary/aromatic N) is 5. The molecule has 0 saturated carbocycles. The topological polar surface area (TPSA) is 92.5 Å². The lowest BCUT2D eigenvalue weighted by atomic mass is 10.2. The lowest BCUT2D eigenvalue weighted by Crippen LogP contribution is -2.39. The van der Waals surface area contributed by atoms with Gasteiger partial charge in [-0.05, 0) is 29.3 Å². The van der Waals surface area contributed by atoms with E-state index >= 15 is 0 Å². The number of rotatable bonds is 4. The molecule has 0 aliphatic carbocycles. The van der Waals surface area contributed by atoms with Crippen molar-refractivity contribution < 1.29 is 4.74 Å². The van der Waals surface area contributed by atoms with Crippen molar-refractivity contribution in [3.8, 4) is 5.75 Å². The molecule has 0 amide bonds. The van der Waals surface area contributed by atoms with Gasteiger partial charge in [0.2, 0.25) is 5.78 Å². The first-order valence-electron chi connectivity index (χ1n) is 10.3. The van der Waals surface area contributed by atoms with E-state index in [1.165, 1.54) is 16.2 Å². The minimum absolute atomic E-state index is 0.174. The second-order valence-electron chi connectivity index (χ2n) is 7.81. The molecule has 0 fully saturated rings. The first-order valence-corrected chi connectivity index (χ1v) is 10.3. The molecule has 0 aliphatic rings. The molecule has 5 aromatic rings. The van der Waals surface area contributed by atoms with E-state index in [2.05, 4.69) is 4.98 Å². The number of hydrogen-bond donors (Lipinski definition) is 0. The highest BCUT2D eigenvalue weighted by Gasteiger charge is 2.21. The number of benzene rings is 2. The zero-order chi connectivity index (χ0) is 23.3. The number of aryl methyl sites for hydroxylation is 1. The lowest BCUT2D eigenvalue weighted by molar-refractivity contribution is 0.414. The van der Waals surface area contributed by atoms with Crippen LogP contribution < -0.4 is 26.9 Å². The molecule has 2 aromatic carbocycles. The molecule has 9 heteroatoms. The van der Waals surface area contributed by atoms with Crippen LogP contribution in [-0.2, 0) is 20.6 Å². The normalized spacial score (nSPS) is 12.2. The number of hydrogen-bond acceptors (Lipinski definition) is 5. The minimum Gasteiger partial charge on any atom is -0.497 e. The molecule has 33 heavy (non-hydrogen) atoms. The van der Waals surface area contributed by atoms with Crippen LogP contribution in [-0.4, -0.2) is 30.2 Å². The van der Waals surface area contributed by atoms with Gasteiger partial charge in [-0.1, -0.05) is 42.5 Å². The van der Waals surface area contributed by atoms with Crippen LogP contribution in [0.1, 0.15) is 11.1 Å². The van der Waals surface area contributed by atoms with Gasteiger partial charge in [-0.3, -0.25) is 27.7 Å². The summed E-state index contributed by atoms with van der Waals surface area (Å²) in [6, 6.07) is 16.8. The van der Waals surface area contributed by atoms with Crippen LogP contribution in [0.15, 0.2) is 69.0 Å². The van der Waals surface area contributed by atoms with Gasteiger partial charge in [0, 0.05) is 14.1 Å². The number of imidazole rings is 2. The smallest absolute Gasteiger partial charge is 0.332 e. The quantitative estimate of drug-likeness (QED) is 0.407. The van der Waals surface area contributed by atoms with Crippen molar-refractivity contribution in [1.82, 2.24) is 23.1 Å². The summed E-state index contributed by atoms with van der Waals surface area (Å²) < 4.78 is 10.7. The molecule has 0 atom stereocenters. The van der Waals surface area contributed by atoms with Gasteiger partial charge in [0.1, 0.15) is 11.1 Å². The maximum atomic E-state index is 13.6. The van der Waals surface area contributed by atoms with E-state index in [9.17, 15) is 14.4 Å². The summed E-state index contributed by atoms with van der Waals surface area (Å²) in [6.45, 7) is 0.271. The summed E-state index contributed by atoms with van der Waals surface area (Å²) in [7, 11) is 4.54. The van der Waals surface area contributed by atoms with Crippen LogP contribution in [0.4, 0.5) is 0 Å². The lowest BCUT2D eigenvalue weighted by Gasteiger charge is -2.02. The summed E-state index contributed by atoms with van der Waals surface area (Å²) in [5, 5.41) is 0.271. The maximum absolute atomic E-state index is 13.6. The molecule has 166 valence electrons. The molecule has 5 rings (SSSR count). The minimum atomic E-state index is -0.516. The van der Waals surface area contributed by atoms with E-state index in [0.29, 0.717) is 11.5 Å². The zero-order valence-electron chi connectivity index (χ0n) is 18.3. The second kappa shape index (κ2) is 7.63. The fourth-order valence-corrected chi connectivity index (χ4v) is 4.04. The van der Waals surface area contributed by atoms with Crippen LogP contribution in [0.5, 0.6) is 5.75 Å². The molecule has 0 aliphatic heterocycles. The highest BCUT2D eigenvalue weighted by molar-refractivity contribution is 5.76. The number of aromatic nitrogens is 5. The predicted octanol–water partition coefficient (Wildman–Crippen LogP) is 0.651. The third kappa shape index (κ3) is 3.16.